The standard InChI is InChI=1S/C17H19N5/c1-11-6-7-13(9-12(11)2)20-16-15-17(19-10-18-16)22-8-4-3-5-14(22)21-15/h6-7,9-10H,3-5,8H2,1-2H3,(H,18,19,20). The normalized spacial score (nSPS) is 14.1. The molecule has 3 heterocycles. The highest BCUT2D eigenvalue weighted by Gasteiger charge is 2.18. The molecule has 0 bridgehead atoms. The minimum absolute atomic E-state index is 0.787. The summed E-state index contributed by atoms with van der Waals surface area (Å²) in [6.45, 7) is 5.24. The van der Waals surface area contributed by atoms with E-state index in [0.717, 1.165) is 41.5 Å². The highest BCUT2D eigenvalue weighted by molar-refractivity contribution is 5.85. The number of nitrogens with zero attached hydrogens (tertiary/aromatic N) is 4. The maximum Gasteiger partial charge on any atom is 0.165 e. The summed E-state index contributed by atoms with van der Waals surface area (Å²) < 4.78 is 2.23. The number of imidazole rings is 1. The molecule has 112 valence electrons. The van der Waals surface area contributed by atoms with Crippen LogP contribution in [0.15, 0.2) is 24.5 Å². The van der Waals surface area contributed by atoms with Gasteiger partial charge in [-0.2, -0.15) is 0 Å². The van der Waals surface area contributed by atoms with Gasteiger partial charge in [-0.05, 0) is 49.9 Å². The lowest BCUT2D eigenvalue weighted by Gasteiger charge is -2.13. The molecule has 22 heavy (non-hydrogen) atoms. The van der Waals surface area contributed by atoms with Gasteiger partial charge in [-0.1, -0.05) is 6.07 Å². The summed E-state index contributed by atoms with van der Waals surface area (Å²) in [5.74, 6) is 1.92. The zero-order valence-corrected chi connectivity index (χ0v) is 12.9. The topological polar surface area (TPSA) is 55.6 Å². The first-order chi connectivity index (χ1) is 10.7. The molecule has 1 aliphatic heterocycles. The maximum absolute atomic E-state index is 4.76. The van der Waals surface area contributed by atoms with Crippen LogP contribution in [0, 0.1) is 13.8 Å². The Morgan fingerprint density at radius 2 is 2.00 bits per heavy atom. The van der Waals surface area contributed by atoms with E-state index >= 15 is 0 Å². The van der Waals surface area contributed by atoms with Crippen molar-refractivity contribution >= 4 is 22.7 Å². The summed E-state index contributed by atoms with van der Waals surface area (Å²) in [6, 6.07) is 6.33. The number of aromatic nitrogens is 4. The number of hydrogen-bond donors (Lipinski definition) is 1. The van der Waals surface area contributed by atoms with E-state index in [1.807, 2.05) is 0 Å². The van der Waals surface area contributed by atoms with Crippen molar-refractivity contribution < 1.29 is 0 Å². The molecule has 0 atom stereocenters. The Morgan fingerprint density at radius 3 is 2.86 bits per heavy atom. The number of aryl methyl sites for hydroxylation is 4. The van der Waals surface area contributed by atoms with Gasteiger partial charge in [-0.15, -0.1) is 0 Å². The number of fused-ring (bicyclic) bond motifs is 3. The molecule has 5 heteroatoms. The number of hydrogen-bond acceptors (Lipinski definition) is 4. The third-order valence-electron chi connectivity index (χ3n) is 4.41. The summed E-state index contributed by atoms with van der Waals surface area (Å²) in [5, 5.41) is 3.40. The fourth-order valence-electron chi connectivity index (χ4n) is 3.01. The van der Waals surface area contributed by atoms with Gasteiger partial charge < -0.3 is 9.88 Å². The van der Waals surface area contributed by atoms with Crippen molar-refractivity contribution in [2.45, 2.75) is 39.7 Å². The summed E-state index contributed by atoms with van der Waals surface area (Å²) >= 11 is 0. The molecule has 1 aromatic carbocycles. The van der Waals surface area contributed by atoms with Crippen LogP contribution in [0.2, 0.25) is 0 Å². The molecule has 0 amide bonds. The molecule has 5 nitrogen and oxygen atoms in total. The first kappa shape index (κ1) is 13.2. The minimum Gasteiger partial charge on any atom is -0.338 e. The summed E-state index contributed by atoms with van der Waals surface area (Å²) in [6.07, 6.45) is 5.05. The SMILES string of the molecule is Cc1ccc(Nc2ncnc3c2nc2n3CCCC2)cc1C. The second-order valence-corrected chi connectivity index (χ2v) is 5.96. The quantitative estimate of drug-likeness (QED) is 0.785. The van der Waals surface area contributed by atoms with E-state index in [1.54, 1.807) is 6.33 Å². The molecule has 1 N–H and O–H groups in total. The predicted molar refractivity (Wildman–Crippen MR) is 87.5 cm³/mol. The van der Waals surface area contributed by atoms with Gasteiger partial charge in [0.2, 0.25) is 0 Å². The van der Waals surface area contributed by atoms with Crippen LogP contribution < -0.4 is 5.32 Å². The monoisotopic (exact) mass is 293 g/mol. The molecule has 0 unspecified atom stereocenters. The highest BCUT2D eigenvalue weighted by atomic mass is 15.2. The smallest absolute Gasteiger partial charge is 0.165 e. The van der Waals surface area contributed by atoms with Crippen LogP contribution >= 0.6 is 0 Å². The molecule has 4 rings (SSSR count). The number of rotatable bonds is 2. The van der Waals surface area contributed by atoms with Crippen LogP contribution in [0.4, 0.5) is 11.5 Å². The first-order valence-corrected chi connectivity index (χ1v) is 7.77. The van der Waals surface area contributed by atoms with Gasteiger partial charge >= 0.3 is 0 Å². The van der Waals surface area contributed by atoms with Crippen molar-refractivity contribution in [3.05, 3.63) is 41.5 Å². The van der Waals surface area contributed by atoms with Crippen molar-refractivity contribution in [1.82, 2.24) is 19.5 Å². The first-order valence-electron chi connectivity index (χ1n) is 7.77. The van der Waals surface area contributed by atoms with Crippen LogP contribution in [0.1, 0.15) is 29.8 Å². The fourth-order valence-corrected chi connectivity index (χ4v) is 3.01. The average molecular weight is 293 g/mol. The second kappa shape index (κ2) is 5.09. The average Bonchev–Trinajstić information content (AvgIpc) is 2.91. The van der Waals surface area contributed by atoms with Gasteiger partial charge in [0, 0.05) is 18.7 Å². The Balaban J connectivity index is 1.78. The lowest BCUT2D eigenvalue weighted by molar-refractivity contribution is 0.530. The van der Waals surface area contributed by atoms with Crippen molar-refractivity contribution in [3.63, 3.8) is 0 Å². The molecule has 0 fully saturated rings. The summed E-state index contributed by atoms with van der Waals surface area (Å²) in [4.78, 5) is 13.6. The number of anilines is 2. The Hall–Kier alpha value is -2.43. The van der Waals surface area contributed by atoms with Crippen LogP contribution in [-0.2, 0) is 13.0 Å². The van der Waals surface area contributed by atoms with E-state index in [4.69, 9.17) is 4.98 Å². The molecular weight excluding hydrogens is 274 g/mol. The molecule has 0 radical (unpaired) electrons. The molecule has 2 aromatic heterocycles. The lowest BCUT2D eigenvalue weighted by atomic mass is 10.1. The predicted octanol–water partition coefficient (Wildman–Crippen LogP) is 3.52. The molecule has 0 aliphatic carbocycles. The van der Waals surface area contributed by atoms with Crippen LogP contribution in [0.25, 0.3) is 11.2 Å². The van der Waals surface area contributed by atoms with E-state index in [2.05, 4.69) is 51.9 Å². The van der Waals surface area contributed by atoms with Crippen LogP contribution in [-0.4, -0.2) is 19.5 Å². The van der Waals surface area contributed by atoms with E-state index in [-0.39, 0.29) is 0 Å². The summed E-state index contributed by atoms with van der Waals surface area (Å²) in [5.41, 5.74) is 5.40. The van der Waals surface area contributed by atoms with Crippen molar-refractivity contribution in [2.24, 2.45) is 0 Å². The maximum atomic E-state index is 4.76. The van der Waals surface area contributed by atoms with E-state index < -0.39 is 0 Å². The third-order valence-corrected chi connectivity index (χ3v) is 4.41. The van der Waals surface area contributed by atoms with Gasteiger partial charge in [0.1, 0.15) is 12.2 Å². The molecule has 0 saturated heterocycles. The van der Waals surface area contributed by atoms with E-state index in [0.29, 0.717) is 0 Å². The van der Waals surface area contributed by atoms with Crippen molar-refractivity contribution in [3.8, 4) is 0 Å². The summed E-state index contributed by atoms with van der Waals surface area (Å²) in [7, 11) is 0. The zero-order valence-electron chi connectivity index (χ0n) is 12.9. The third kappa shape index (κ3) is 2.13. The number of nitrogens with one attached hydrogen (secondary N) is 1. The number of benzene rings is 1. The Kier molecular flexibility index (Phi) is 3.06. The van der Waals surface area contributed by atoms with E-state index in [1.165, 1.54) is 24.0 Å². The van der Waals surface area contributed by atoms with Crippen LogP contribution in [0.5, 0.6) is 0 Å². The Bertz CT molecular complexity index is 850. The highest BCUT2D eigenvalue weighted by Crippen LogP contribution is 2.27. The van der Waals surface area contributed by atoms with Crippen molar-refractivity contribution in [1.29, 1.82) is 0 Å². The Morgan fingerprint density at radius 1 is 1.09 bits per heavy atom. The van der Waals surface area contributed by atoms with Gasteiger partial charge in [0.25, 0.3) is 0 Å². The Labute approximate surface area is 129 Å². The van der Waals surface area contributed by atoms with Crippen molar-refractivity contribution in [2.75, 3.05) is 5.32 Å². The zero-order chi connectivity index (χ0) is 15.1. The lowest BCUT2D eigenvalue weighted by Crippen LogP contribution is -2.10. The van der Waals surface area contributed by atoms with Gasteiger partial charge in [0.05, 0.1) is 0 Å². The molecule has 1 aliphatic rings. The second-order valence-electron chi connectivity index (χ2n) is 5.96. The largest absolute Gasteiger partial charge is 0.338 e. The molecule has 0 saturated carbocycles. The minimum atomic E-state index is 0.787. The molecule has 0 spiro atoms. The molecule has 3 aromatic rings. The fraction of sp³-hybridized carbons (Fsp3) is 0.353. The van der Waals surface area contributed by atoms with Crippen LogP contribution in [0.3, 0.4) is 0 Å². The van der Waals surface area contributed by atoms with Gasteiger partial charge in [-0.3, -0.25) is 0 Å². The molecular formula is C17H19N5. The van der Waals surface area contributed by atoms with Gasteiger partial charge in [-0.25, -0.2) is 15.0 Å². The van der Waals surface area contributed by atoms with E-state index in [9.17, 15) is 0 Å². The van der Waals surface area contributed by atoms with Gasteiger partial charge in [0.15, 0.2) is 17.0 Å².